The summed E-state index contributed by atoms with van der Waals surface area (Å²) in [6, 6.07) is 28.8. The molecule has 0 aliphatic heterocycles. The van der Waals surface area contributed by atoms with Crippen molar-refractivity contribution in [3.8, 4) is 5.75 Å². The maximum absolute atomic E-state index is 6.92. The topological polar surface area (TPSA) is 12.5 Å². The quantitative estimate of drug-likeness (QED) is 0.156. The van der Waals surface area contributed by atoms with E-state index in [0.717, 1.165) is 46.1 Å². The predicted molar refractivity (Wildman–Crippen MR) is 152 cm³/mol. The molecule has 2 nitrogen and oxygen atoms in total. The average molecular weight is 490 g/mol. The van der Waals surface area contributed by atoms with Gasteiger partial charge in [0.25, 0.3) is 0 Å². The first-order chi connectivity index (χ1) is 17.2. The summed E-state index contributed by atoms with van der Waals surface area (Å²) >= 11 is 6.92. The third-order valence-corrected chi connectivity index (χ3v) is 6.89. The van der Waals surface area contributed by atoms with Gasteiger partial charge in [-0.05, 0) is 61.3 Å². The Kier molecular flexibility index (Phi) is 11.9. The van der Waals surface area contributed by atoms with Crippen molar-refractivity contribution < 1.29 is 4.74 Å². The lowest BCUT2D eigenvalue weighted by Crippen LogP contribution is -2.23. The summed E-state index contributed by atoms with van der Waals surface area (Å²) in [5.41, 5.74) is 4.24. The lowest BCUT2D eigenvalue weighted by atomic mass is 9.95. The number of halogens is 1. The molecule has 3 aromatic rings. The van der Waals surface area contributed by atoms with E-state index >= 15 is 0 Å². The van der Waals surface area contributed by atoms with Crippen LogP contribution in [0.4, 0.5) is 0 Å². The Morgan fingerprint density at radius 3 is 1.74 bits per heavy atom. The van der Waals surface area contributed by atoms with Crippen molar-refractivity contribution in [2.75, 3.05) is 26.2 Å². The molecule has 3 heteroatoms. The largest absolute Gasteiger partial charge is 0.494 e. The molecule has 0 saturated heterocycles. The van der Waals surface area contributed by atoms with Crippen LogP contribution in [0.3, 0.4) is 0 Å². The van der Waals surface area contributed by atoms with E-state index in [1.165, 1.54) is 51.7 Å². The van der Waals surface area contributed by atoms with Crippen molar-refractivity contribution >= 4 is 22.2 Å². The third-order valence-electron chi connectivity index (χ3n) is 6.48. The van der Waals surface area contributed by atoms with Gasteiger partial charge in [-0.2, -0.15) is 0 Å². The summed E-state index contributed by atoms with van der Waals surface area (Å²) in [6.45, 7) is 8.83. The minimum absolute atomic E-state index is 0.752. The van der Waals surface area contributed by atoms with Crippen LogP contribution < -0.4 is 4.74 Å². The lowest BCUT2D eigenvalue weighted by Gasteiger charge is -2.17. The molecule has 0 heterocycles. The maximum Gasteiger partial charge on any atom is 0.119 e. The summed E-state index contributed by atoms with van der Waals surface area (Å²) in [6.07, 6.45) is 7.61. The first-order valence-electron chi connectivity index (χ1n) is 13.2. The second kappa shape index (κ2) is 15.4. The van der Waals surface area contributed by atoms with Crippen LogP contribution in [-0.2, 0) is 0 Å². The van der Waals surface area contributed by atoms with Gasteiger partial charge in [0.15, 0.2) is 0 Å². The van der Waals surface area contributed by atoms with E-state index < -0.39 is 0 Å². The Morgan fingerprint density at radius 2 is 1.14 bits per heavy atom. The van der Waals surface area contributed by atoms with E-state index in [1.54, 1.807) is 0 Å². The molecule has 0 spiro atoms. The highest BCUT2D eigenvalue weighted by atomic mass is 35.5. The van der Waals surface area contributed by atoms with E-state index in [-0.39, 0.29) is 0 Å². The van der Waals surface area contributed by atoms with Crippen LogP contribution in [0.2, 0.25) is 0 Å². The van der Waals surface area contributed by atoms with Crippen molar-refractivity contribution in [3.63, 3.8) is 0 Å². The van der Waals surface area contributed by atoms with Gasteiger partial charge in [-0.3, -0.25) is 0 Å². The Hall–Kier alpha value is -2.55. The fourth-order valence-electron chi connectivity index (χ4n) is 4.35. The van der Waals surface area contributed by atoms with Crippen molar-refractivity contribution in [2.24, 2.45) is 0 Å². The minimum Gasteiger partial charge on any atom is -0.494 e. The second-order valence-corrected chi connectivity index (χ2v) is 9.32. The highest BCUT2D eigenvalue weighted by Gasteiger charge is 2.12. The molecule has 3 rings (SSSR count). The van der Waals surface area contributed by atoms with Gasteiger partial charge in [0.2, 0.25) is 0 Å². The van der Waals surface area contributed by atoms with Gasteiger partial charge in [-0.25, -0.2) is 0 Å². The van der Waals surface area contributed by atoms with E-state index in [2.05, 4.69) is 55.1 Å². The van der Waals surface area contributed by atoms with E-state index in [9.17, 15) is 0 Å². The van der Waals surface area contributed by atoms with Gasteiger partial charge >= 0.3 is 0 Å². The van der Waals surface area contributed by atoms with Gasteiger partial charge in [0.1, 0.15) is 5.75 Å². The van der Waals surface area contributed by atoms with Crippen LogP contribution in [0, 0.1) is 0 Å². The predicted octanol–water partition coefficient (Wildman–Crippen LogP) is 8.90. The van der Waals surface area contributed by atoms with Crippen LogP contribution >= 0.6 is 11.6 Å². The van der Waals surface area contributed by atoms with Gasteiger partial charge in [-0.1, -0.05) is 124 Å². The zero-order valence-corrected chi connectivity index (χ0v) is 22.1. The Labute approximate surface area is 217 Å². The first-order valence-corrected chi connectivity index (χ1v) is 13.6. The van der Waals surface area contributed by atoms with E-state index in [4.69, 9.17) is 16.3 Å². The number of hydrogen-bond donors (Lipinski definition) is 0. The Balaban J connectivity index is 1.50. The van der Waals surface area contributed by atoms with Gasteiger partial charge in [0, 0.05) is 5.57 Å². The van der Waals surface area contributed by atoms with Crippen molar-refractivity contribution in [3.05, 3.63) is 102 Å². The lowest BCUT2D eigenvalue weighted by molar-refractivity contribution is 0.292. The molecule has 0 saturated carbocycles. The molecule has 3 aromatic carbocycles. The smallest absolute Gasteiger partial charge is 0.119 e. The number of nitrogens with zero attached hydrogens (tertiary/aromatic N) is 1. The molecule has 0 bridgehead atoms. The Morgan fingerprint density at radius 1 is 0.629 bits per heavy atom. The highest BCUT2D eigenvalue weighted by Crippen LogP contribution is 2.35. The van der Waals surface area contributed by atoms with Crippen LogP contribution in [-0.4, -0.2) is 31.1 Å². The fourth-order valence-corrected chi connectivity index (χ4v) is 4.69. The van der Waals surface area contributed by atoms with Gasteiger partial charge < -0.3 is 9.64 Å². The number of unbranched alkanes of at least 4 members (excludes halogenated alkanes) is 5. The molecule has 35 heavy (non-hydrogen) atoms. The molecule has 0 unspecified atom stereocenters. The molecule has 186 valence electrons. The monoisotopic (exact) mass is 489 g/mol. The zero-order valence-electron chi connectivity index (χ0n) is 21.4. The maximum atomic E-state index is 6.92. The molecule has 0 N–H and O–H groups in total. The zero-order chi connectivity index (χ0) is 24.7. The number of benzene rings is 3. The van der Waals surface area contributed by atoms with Crippen LogP contribution in [0.1, 0.15) is 69.1 Å². The van der Waals surface area contributed by atoms with E-state index in [1.807, 2.05) is 48.5 Å². The van der Waals surface area contributed by atoms with Gasteiger partial charge in [0.05, 0.1) is 11.6 Å². The van der Waals surface area contributed by atoms with Gasteiger partial charge in [-0.15, -0.1) is 0 Å². The summed E-state index contributed by atoms with van der Waals surface area (Å²) in [4.78, 5) is 2.51. The summed E-state index contributed by atoms with van der Waals surface area (Å²) < 4.78 is 6.02. The highest BCUT2D eigenvalue weighted by molar-refractivity contribution is 6.53. The second-order valence-electron chi connectivity index (χ2n) is 8.94. The van der Waals surface area contributed by atoms with E-state index in [0.29, 0.717) is 0 Å². The summed E-state index contributed by atoms with van der Waals surface area (Å²) in [5.74, 6) is 0.913. The Bertz CT molecular complexity index is 995. The number of rotatable bonds is 15. The first kappa shape index (κ1) is 27.0. The summed E-state index contributed by atoms with van der Waals surface area (Å²) in [7, 11) is 0. The standard InChI is InChI=1S/C32H40ClNO/c1-3-34(4-2)25-15-7-5-6-8-16-26-35-30-23-21-28(22-24-30)31(27-17-11-9-12-18-27)32(33)29-19-13-10-14-20-29/h9-14,17-24H,3-8,15-16,25-26H2,1-2H3/b32-31+. The minimum atomic E-state index is 0.752. The van der Waals surface area contributed by atoms with Crippen molar-refractivity contribution in [1.82, 2.24) is 4.90 Å². The van der Waals surface area contributed by atoms with Crippen molar-refractivity contribution in [1.29, 1.82) is 0 Å². The molecule has 0 aliphatic carbocycles. The number of hydrogen-bond acceptors (Lipinski definition) is 2. The summed E-state index contributed by atoms with van der Waals surface area (Å²) in [5, 5.41) is 0.752. The van der Waals surface area contributed by atoms with Crippen LogP contribution in [0.25, 0.3) is 10.6 Å². The van der Waals surface area contributed by atoms with Crippen LogP contribution in [0.5, 0.6) is 5.75 Å². The molecule has 0 aromatic heterocycles. The fraction of sp³-hybridized carbons (Fsp3) is 0.375. The normalized spacial score (nSPS) is 12.0. The third kappa shape index (κ3) is 8.87. The molecule has 0 radical (unpaired) electrons. The molecule has 0 amide bonds. The SMILES string of the molecule is CCN(CC)CCCCCCCCOc1ccc(/C(=C(/Cl)c2ccccc2)c2ccccc2)cc1. The molecular formula is C32H40ClNO. The molecule has 0 aliphatic rings. The average Bonchev–Trinajstić information content (AvgIpc) is 2.92. The molecule has 0 atom stereocenters. The molecule has 0 fully saturated rings. The number of ether oxygens (including phenoxy) is 1. The van der Waals surface area contributed by atoms with Crippen molar-refractivity contribution in [2.45, 2.75) is 52.4 Å². The van der Waals surface area contributed by atoms with Crippen LogP contribution in [0.15, 0.2) is 84.9 Å². The molecular weight excluding hydrogens is 450 g/mol.